The van der Waals surface area contributed by atoms with Crippen molar-refractivity contribution in [3.8, 4) is 11.8 Å². The monoisotopic (exact) mass is 358 g/mol. The second-order valence-corrected chi connectivity index (χ2v) is 4.95. The number of benzene rings is 1. The summed E-state index contributed by atoms with van der Waals surface area (Å²) in [5.41, 5.74) is 2.78. The van der Waals surface area contributed by atoms with Crippen molar-refractivity contribution < 1.29 is 42.2 Å². The molecule has 1 radical (unpaired) electrons. The smallest absolute Gasteiger partial charge is 0.225 e. The molecule has 0 aromatic heterocycles. The number of nitrogens with zero attached hydrogens (tertiary/aromatic N) is 2. The van der Waals surface area contributed by atoms with Gasteiger partial charge in [-0.3, -0.25) is 4.79 Å². The Morgan fingerprint density at radius 2 is 2.24 bits per heavy atom. The predicted octanol–water partition coefficient (Wildman–Crippen LogP) is 2.54. The fraction of sp³-hybridized carbons (Fsp3) is 0.375. The Morgan fingerprint density at radius 3 is 2.86 bits per heavy atom. The van der Waals surface area contributed by atoms with Crippen LogP contribution < -0.4 is 4.74 Å². The predicted molar refractivity (Wildman–Crippen MR) is 75.5 cm³/mol. The van der Waals surface area contributed by atoms with Crippen LogP contribution in [0, 0.1) is 30.2 Å². The number of amides is 1. The number of hydrogen-bond donors (Lipinski definition) is 0. The van der Waals surface area contributed by atoms with E-state index in [2.05, 4.69) is 6.08 Å². The molecule has 21 heavy (non-hydrogen) atoms. The Hall–Kier alpha value is -1.18. The van der Waals surface area contributed by atoms with E-state index in [4.69, 9.17) is 10.00 Å². The normalized spacial score (nSPS) is 17.6. The summed E-state index contributed by atoms with van der Waals surface area (Å²) in [5, 5.41) is 8.51. The third-order valence-electron chi connectivity index (χ3n) is 3.42. The third-order valence-corrected chi connectivity index (χ3v) is 3.42. The van der Waals surface area contributed by atoms with E-state index in [1.165, 1.54) is 0 Å². The van der Waals surface area contributed by atoms with Crippen LogP contribution in [0.5, 0.6) is 5.75 Å². The Labute approximate surface area is 150 Å². The first-order chi connectivity index (χ1) is 9.54. The number of carbonyl (C=O) groups is 1. The number of aryl methyl sites for hydroxylation is 1. The van der Waals surface area contributed by atoms with Crippen LogP contribution in [0.15, 0.2) is 18.2 Å². The summed E-state index contributed by atoms with van der Waals surface area (Å²) in [4.78, 5) is 13.7. The van der Waals surface area contributed by atoms with Crippen molar-refractivity contribution >= 4 is 11.6 Å². The Balaban J connectivity index is 0.00000220. The summed E-state index contributed by atoms with van der Waals surface area (Å²) >= 11 is 0. The summed E-state index contributed by atoms with van der Waals surface area (Å²) in [6.45, 7) is 3.90. The van der Waals surface area contributed by atoms with Gasteiger partial charge in [-0.15, -0.1) is 22.9 Å². The largest absolute Gasteiger partial charge is 0.479 e. The molecule has 107 valence electrons. The first-order valence-corrected chi connectivity index (χ1v) is 6.53. The van der Waals surface area contributed by atoms with Gasteiger partial charge in [0.1, 0.15) is 11.8 Å². The topological polar surface area (TPSA) is 53.3 Å². The molecule has 1 aliphatic rings. The van der Waals surface area contributed by atoms with Crippen LogP contribution in [0.1, 0.15) is 24.5 Å². The van der Waals surface area contributed by atoms with E-state index in [1.807, 2.05) is 38.1 Å². The van der Waals surface area contributed by atoms with E-state index < -0.39 is 0 Å². The van der Waals surface area contributed by atoms with Gasteiger partial charge in [0.15, 0.2) is 6.61 Å². The standard InChI is InChI=1S/C16H17N2O2.Y/c1-11-4-7-15(18(3)16(11)19)14-6-5-13(10-12(14)2)20-9-8-17;/h5-6,10-11H,4,9H2,1-3H3;/q-1;. The van der Waals surface area contributed by atoms with Gasteiger partial charge in [-0.1, -0.05) is 20.3 Å². The maximum Gasteiger partial charge on any atom is 0.225 e. The summed E-state index contributed by atoms with van der Waals surface area (Å²) in [6, 6.07) is 7.53. The molecule has 1 heterocycles. The van der Waals surface area contributed by atoms with E-state index in [0.29, 0.717) is 12.2 Å². The molecule has 0 spiro atoms. The molecule has 0 saturated heterocycles. The Morgan fingerprint density at radius 1 is 1.52 bits per heavy atom. The first-order valence-electron chi connectivity index (χ1n) is 6.53. The van der Waals surface area contributed by atoms with Crippen LogP contribution in [0.3, 0.4) is 0 Å². The molecule has 5 heteroatoms. The molecule has 4 nitrogen and oxygen atoms in total. The van der Waals surface area contributed by atoms with Crippen molar-refractivity contribution in [2.24, 2.45) is 5.92 Å². The SMILES string of the molecule is Cc1cc(OCC#N)ccc1C1=[C-]CC(C)C(=O)N1C.[Y]. The third kappa shape index (κ3) is 3.93. The maximum atomic E-state index is 12.0. The van der Waals surface area contributed by atoms with Gasteiger partial charge in [-0.2, -0.15) is 5.26 Å². The van der Waals surface area contributed by atoms with Gasteiger partial charge >= 0.3 is 0 Å². The van der Waals surface area contributed by atoms with Gasteiger partial charge in [0.25, 0.3) is 0 Å². The molecule has 1 aromatic carbocycles. The molecule has 1 amide bonds. The summed E-state index contributed by atoms with van der Waals surface area (Å²) < 4.78 is 5.27. The fourth-order valence-electron chi connectivity index (χ4n) is 2.28. The Kier molecular flexibility index (Phi) is 6.57. The first kappa shape index (κ1) is 17.9. The van der Waals surface area contributed by atoms with Crippen molar-refractivity contribution in [1.82, 2.24) is 4.90 Å². The van der Waals surface area contributed by atoms with Crippen LogP contribution in [-0.2, 0) is 37.5 Å². The number of carbonyl (C=O) groups excluding carboxylic acids is 1. The van der Waals surface area contributed by atoms with Crippen molar-refractivity contribution in [1.29, 1.82) is 5.26 Å². The number of ether oxygens (including phenoxy) is 1. The molecule has 0 aliphatic carbocycles. The molecular weight excluding hydrogens is 341 g/mol. The molecule has 1 atom stereocenters. The molecule has 1 unspecified atom stereocenters. The molecular formula is C16H17N2O2Y-. The van der Waals surface area contributed by atoms with Crippen molar-refractivity contribution in [3.05, 3.63) is 35.4 Å². The zero-order valence-electron chi connectivity index (χ0n) is 12.5. The van der Waals surface area contributed by atoms with E-state index in [0.717, 1.165) is 16.8 Å². The molecule has 0 saturated carbocycles. The van der Waals surface area contributed by atoms with Gasteiger partial charge < -0.3 is 9.64 Å². The minimum absolute atomic E-state index is 0. The minimum atomic E-state index is -0.0118. The van der Waals surface area contributed by atoms with Crippen LogP contribution in [0.25, 0.3) is 5.70 Å². The number of nitriles is 1. The average Bonchev–Trinajstić information content (AvgIpc) is 2.44. The second kappa shape index (κ2) is 7.72. The molecule has 1 aromatic rings. The number of allylic oxidation sites excluding steroid dienone is 1. The molecule has 0 fully saturated rings. The van der Waals surface area contributed by atoms with E-state index in [1.54, 1.807) is 11.9 Å². The second-order valence-electron chi connectivity index (χ2n) is 4.95. The van der Waals surface area contributed by atoms with Gasteiger partial charge in [0.2, 0.25) is 5.91 Å². The van der Waals surface area contributed by atoms with Gasteiger partial charge in [-0.25, -0.2) is 6.08 Å². The van der Waals surface area contributed by atoms with Crippen LogP contribution in [0.4, 0.5) is 0 Å². The van der Waals surface area contributed by atoms with Crippen LogP contribution >= 0.6 is 0 Å². The summed E-state index contributed by atoms with van der Waals surface area (Å²) in [7, 11) is 1.78. The van der Waals surface area contributed by atoms with Gasteiger partial charge in [0, 0.05) is 45.7 Å². The van der Waals surface area contributed by atoms with Gasteiger partial charge in [0.05, 0.1) is 0 Å². The van der Waals surface area contributed by atoms with E-state index in [-0.39, 0.29) is 51.1 Å². The van der Waals surface area contributed by atoms with Crippen molar-refractivity contribution in [2.45, 2.75) is 20.3 Å². The van der Waals surface area contributed by atoms with Crippen molar-refractivity contribution in [3.63, 3.8) is 0 Å². The van der Waals surface area contributed by atoms with Crippen molar-refractivity contribution in [2.75, 3.05) is 13.7 Å². The van der Waals surface area contributed by atoms with E-state index >= 15 is 0 Å². The fourth-order valence-corrected chi connectivity index (χ4v) is 2.28. The number of rotatable bonds is 3. The molecule has 0 bridgehead atoms. The zero-order valence-corrected chi connectivity index (χ0v) is 15.4. The average molecular weight is 358 g/mol. The summed E-state index contributed by atoms with van der Waals surface area (Å²) in [5.74, 6) is 0.761. The maximum absolute atomic E-state index is 12.0. The van der Waals surface area contributed by atoms with Crippen LogP contribution in [0.2, 0.25) is 0 Å². The zero-order chi connectivity index (χ0) is 14.7. The van der Waals surface area contributed by atoms with E-state index in [9.17, 15) is 4.79 Å². The molecule has 1 aliphatic heterocycles. The summed E-state index contributed by atoms with van der Waals surface area (Å²) in [6.07, 6.45) is 3.94. The number of hydrogen-bond acceptors (Lipinski definition) is 3. The quantitative estimate of drug-likeness (QED) is 0.781. The van der Waals surface area contributed by atoms with Gasteiger partial charge in [-0.05, 0) is 12.1 Å². The molecule has 2 rings (SSSR count). The Bertz CT molecular complexity index is 605. The van der Waals surface area contributed by atoms with Crippen LogP contribution in [-0.4, -0.2) is 24.5 Å². The minimum Gasteiger partial charge on any atom is -0.479 e. The molecule has 0 N–H and O–H groups in total.